The van der Waals surface area contributed by atoms with Crippen molar-refractivity contribution in [3.63, 3.8) is 0 Å². The highest BCUT2D eigenvalue weighted by Crippen LogP contribution is 2.27. The largest absolute Gasteiger partial charge is 0.495 e. The second kappa shape index (κ2) is 7.51. The Hall–Kier alpha value is -1.72. The molecule has 0 bridgehead atoms. The van der Waals surface area contributed by atoms with Gasteiger partial charge in [-0.15, -0.1) is 0 Å². The Labute approximate surface area is 142 Å². The Kier molecular flexibility index (Phi) is 5.69. The molecular formula is C16H16BrClN2O2. The van der Waals surface area contributed by atoms with Crippen LogP contribution >= 0.6 is 27.5 Å². The van der Waals surface area contributed by atoms with Crippen molar-refractivity contribution >= 4 is 44.8 Å². The molecule has 22 heavy (non-hydrogen) atoms. The summed E-state index contributed by atoms with van der Waals surface area (Å²) in [5, 5.41) is 6.44. The van der Waals surface area contributed by atoms with Crippen LogP contribution in [0.25, 0.3) is 0 Å². The first kappa shape index (κ1) is 16.6. The molecule has 2 aromatic rings. The zero-order valence-corrected chi connectivity index (χ0v) is 14.5. The molecule has 0 aliphatic carbocycles. The maximum atomic E-state index is 12.2. The number of anilines is 2. The van der Waals surface area contributed by atoms with Gasteiger partial charge in [-0.25, -0.2) is 0 Å². The lowest BCUT2D eigenvalue weighted by Gasteiger charge is -2.16. The molecule has 6 heteroatoms. The minimum atomic E-state index is -0.409. The molecular weight excluding hydrogens is 368 g/mol. The average molecular weight is 384 g/mol. The average Bonchev–Trinajstić information content (AvgIpc) is 2.49. The number of hydrogen-bond donors (Lipinski definition) is 2. The monoisotopic (exact) mass is 382 g/mol. The molecule has 1 amide bonds. The van der Waals surface area contributed by atoms with E-state index in [0.717, 1.165) is 15.8 Å². The number of hydrogen-bond acceptors (Lipinski definition) is 3. The van der Waals surface area contributed by atoms with Crippen LogP contribution in [-0.4, -0.2) is 19.1 Å². The molecule has 0 saturated carbocycles. The maximum Gasteiger partial charge on any atom is 0.246 e. The third-order valence-corrected chi connectivity index (χ3v) is 3.86. The summed E-state index contributed by atoms with van der Waals surface area (Å²) in [6.07, 6.45) is 0. The zero-order valence-electron chi connectivity index (χ0n) is 12.2. The number of ether oxygens (including phenoxy) is 1. The molecule has 1 atom stereocenters. The van der Waals surface area contributed by atoms with Gasteiger partial charge in [-0.05, 0) is 49.4 Å². The van der Waals surface area contributed by atoms with Gasteiger partial charge in [0.2, 0.25) is 5.91 Å². The summed E-state index contributed by atoms with van der Waals surface area (Å²) in [6.45, 7) is 1.78. The van der Waals surface area contributed by atoms with Crippen molar-refractivity contribution in [3.8, 4) is 5.75 Å². The summed E-state index contributed by atoms with van der Waals surface area (Å²) >= 11 is 9.42. The summed E-state index contributed by atoms with van der Waals surface area (Å²) < 4.78 is 6.06. The Morgan fingerprint density at radius 3 is 2.41 bits per heavy atom. The number of carbonyl (C=O) groups is 1. The van der Waals surface area contributed by atoms with Gasteiger partial charge in [0.1, 0.15) is 11.8 Å². The van der Waals surface area contributed by atoms with Gasteiger partial charge in [0.25, 0.3) is 0 Å². The van der Waals surface area contributed by atoms with Gasteiger partial charge < -0.3 is 15.4 Å². The topological polar surface area (TPSA) is 50.4 Å². The van der Waals surface area contributed by atoms with Crippen LogP contribution in [0, 0.1) is 0 Å². The number of halogens is 2. The first-order valence-electron chi connectivity index (χ1n) is 6.66. The lowest BCUT2D eigenvalue weighted by molar-refractivity contribution is -0.116. The van der Waals surface area contributed by atoms with E-state index in [0.29, 0.717) is 10.8 Å². The van der Waals surface area contributed by atoms with Crippen molar-refractivity contribution in [3.05, 3.63) is 52.0 Å². The van der Waals surface area contributed by atoms with Crippen LogP contribution in [-0.2, 0) is 4.79 Å². The van der Waals surface area contributed by atoms with Crippen LogP contribution in [0.4, 0.5) is 11.4 Å². The molecule has 2 rings (SSSR count). The summed E-state index contributed by atoms with van der Waals surface area (Å²) in [4.78, 5) is 12.2. The predicted octanol–water partition coefficient (Wildman–Crippen LogP) is 4.55. The van der Waals surface area contributed by atoms with E-state index in [1.165, 1.54) is 0 Å². The fourth-order valence-corrected chi connectivity index (χ4v) is 2.38. The first-order chi connectivity index (χ1) is 10.5. The van der Waals surface area contributed by atoms with E-state index < -0.39 is 6.04 Å². The van der Waals surface area contributed by atoms with E-state index in [1.54, 1.807) is 26.2 Å². The highest BCUT2D eigenvalue weighted by molar-refractivity contribution is 9.10. The molecule has 0 radical (unpaired) electrons. The predicted molar refractivity (Wildman–Crippen MR) is 93.9 cm³/mol. The van der Waals surface area contributed by atoms with Crippen molar-refractivity contribution in [2.24, 2.45) is 0 Å². The third-order valence-electron chi connectivity index (χ3n) is 3.04. The van der Waals surface area contributed by atoms with Gasteiger partial charge in [-0.2, -0.15) is 0 Å². The number of methoxy groups -OCH3 is 1. The Morgan fingerprint density at radius 1 is 1.18 bits per heavy atom. The van der Waals surface area contributed by atoms with Gasteiger partial charge in [0.05, 0.1) is 12.1 Å². The van der Waals surface area contributed by atoms with Crippen LogP contribution in [0.15, 0.2) is 46.9 Å². The lowest BCUT2D eigenvalue weighted by Crippen LogP contribution is -2.31. The number of nitrogens with one attached hydrogen (secondary N) is 2. The van der Waals surface area contributed by atoms with E-state index in [2.05, 4.69) is 26.6 Å². The molecule has 0 aromatic heterocycles. The molecule has 2 N–H and O–H groups in total. The van der Waals surface area contributed by atoms with Gasteiger partial charge >= 0.3 is 0 Å². The quantitative estimate of drug-likeness (QED) is 0.796. The minimum absolute atomic E-state index is 0.130. The minimum Gasteiger partial charge on any atom is -0.495 e. The molecule has 0 fully saturated rings. The summed E-state index contributed by atoms with van der Waals surface area (Å²) in [5.41, 5.74) is 1.50. The number of carbonyl (C=O) groups excluding carboxylic acids is 1. The van der Waals surface area contributed by atoms with Gasteiger partial charge in [-0.3, -0.25) is 4.79 Å². The summed E-state index contributed by atoms with van der Waals surface area (Å²) in [6, 6.07) is 12.3. The Bertz CT molecular complexity index is 662. The summed E-state index contributed by atoms with van der Waals surface area (Å²) in [5.74, 6) is 0.466. The van der Waals surface area contributed by atoms with Crippen molar-refractivity contribution in [1.82, 2.24) is 0 Å². The Balaban J connectivity index is 1.99. The molecule has 0 heterocycles. The normalized spacial score (nSPS) is 11.6. The highest BCUT2D eigenvalue weighted by Gasteiger charge is 2.13. The number of benzene rings is 2. The van der Waals surface area contributed by atoms with Crippen LogP contribution in [0.3, 0.4) is 0 Å². The molecule has 0 spiro atoms. The fourth-order valence-electron chi connectivity index (χ4n) is 1.86. The van der Waals surface area contributed by atoms with E-state index in [-0.39, 0.29) is 5.91 Å². The molecule has 0 saturated heterocycles. The second-order valence-corrected chi connectivity index (χ2v) is 6.03. The fraction of sp³-hybridized carbons (Fsp3) is 0.188. The highest BCUT2D eigenvalue weighted by atomic mass is 79.9. The second-order valence-electron chi connectivity index (χ2n) is 4.71. The molecule has 1 unspecified atom stereocenters. The molecule has 116 valence electrons. The third kappa shape index (κ3) is 4.39. The van der Waals surface area contributed by atoms with E-state index in [9.17, 15) is 4.79 Å². The van der Waals surface area contributed by atoms with E-state index >= 15 is 0 Å². The van der Waals surface area contributed by atoms with Crippen molar-refractivity contribution in [2.75, 3.05) is 17.7 Å². The molecule has 0 aliphatic rings. The van der Waals surface area contributed by atoms with Gasteiger partial charge in [-0.1, -0.05) is 27.5 Å². The standard InChI is InChI=1S/C16H16BrClN2O2/c1-10(16(21)20-12-5-3-11(17)4-6-12)19-13-7-8-15(22-2)14(18)9-13/h3-10,19H,1-2H3,(H,20,21). The molecule has 0 aliphatic heterocycles. The van der Waals surface area contributed by atoms with E-state index in [1.807, 2.05) is 30.3 Å². The molecule has 4 nitrogen and oxygen atoms in total. The summed E-state index contributed by atoms with van der Waals surface area (Å²) in [7, 11) is 1.56. The first-order valence-corrected chi connectivity index (χ1v) is 7.83. The van der Waals surface area contributed by atoms with Crippen molar-refractivity contribution < 1.29 is 9.53 Å². The van der Waals surface area contributed by atoms with Gasteiger partial charge in [0.15, 0.2) is 0 Å². The lowest BCUT2D eigenvalue weighted by atomic mass is 10.2. The smallest absolute Gasteiger partial charge is 0.246 e. The SMILES string of the molecule is COc1ccc(NC(C)C(=O)Nc2ccc(Br)cc2)cc1Cl. The number of amides is 1. The zero-order chi connectivity index (χ0) is 16.1. The van der Waals surface area contributed by atoms with Crippen molar-refractivity contribution in [2.45, 2.75) is 13.0 Å². The van der Waals surface area contributed by atoms with Crippen molar-refractivity contribution in [1.29, 1.82) is 0 Å². The van der Waals surface area contributed by atoms with Gasteiger partial charge in [0, 0.05) is 15.8 Å². The van der Waals surface area contributed by atoms with Crippen LogP contribution < -0.4 is 15.4 Å². The van der Waals surface area contributed by atoms with Crippen LogP contribution in [0.1, 0.15) is 6.92 Å². The maximum absolute atomic E-state index is 12.2. The Morgan fingerprint density at radius 2 is 1.82 bits per heavy atom. The van der Waals surface area contributed by atoms with Crippen LogP contribution in [0.2, 0.25) is 5.02 Å². The van der Waals surface area contributed by atoms with Crippen LogP contribution in [0.5, 0.6) is 5.75 Å². The number of rotatable bonds is 5. The van der Waals surface area contributed by atoms with E-state index in [4.69, 9.17) is 16.3 Å². The molecule has 2 aromatic carbocycles.